The van der Waals surface area contributed by atoms with Gasteiger partial charge >= 0.3 is 5.97 Å². The summed E-state index contributed by atoms with van der Waals surface area (Å²) in [5.74, 6) is -0.720. The van der Waals surface area contributed by atoms with Crippen molar-refractivity contribution >= 4 is 11.9 Å². The van der Waals surface area contributed by atoms with Crippen molar-refractivity contribution in [3.63, 3.8) is 0 Å². The van der Waals surface area contributed by atoms with Gasteiger partial charge in [-0.2, -0.15) is 5.10 Å². The first kappa shape index (κ1) is 17.5. The fourth-order valence-electron chi connectivity index (χ4n) is 2.96. The Morgan fingerprint density at radius 1 is 1.30 bits per heavy atom. The Balaban J connectivity index is 1.78. The second-order valence-corrected chi connectivity index (χ2v) is 7.54. The van der Waals surface area contributed by atoms with Crippen molar-refractivity contribution in [2.45, 2.75) is 58.9 Å². The number of hydrogen-bond donors (Lipinski definition) is 1. The molecule has 1 aliphatic rings. The van der Waals surface area contributed by atoms with Crippen molar-refractivity contribution < 1.29 is 14.7 Å². The molecule has 0 unspecified atom stereocenters. The summed E-state index contributed by atoms with van der Waals surface area (Å²) in [5, 5.41) is 13.1. The van der Waals surface area contributed by atoms with Crippen LogP contribution in [0.4, 0.5) is 0 Å². The number of rotatable bonds is 5. The molecule has 2 rings (SSSR count). The minimum absolute atomic E-state index is 0.182. The highest BCUT2D eigenvalue weighted by Crippen LogP contribution is 2.25. The SMILES string of the molecule is CC(C)(C)CCCC(=O)N1CCC(n2cc(C(=O)O)cn2)CC1. The quantitative estimate of drug-likeness (QED) is 0.904. The Kier molecular flexibility index (Phi) is 5.44. The largest absolute Gasteiger partial charge is 0.478 e. The molecule has 0 aromatic carbocycles. The van der Waals surface area contributed by atoms with E-state index in [1.54, 1.807) is 10.9 Å². The van der Waals surface area contributed by atoms with Crippen LogP contribution in [-0.4, -0.2) is 44.8 Å². The van der Waals surface area contributed by atoms with Gasteiger partial charge in [0.05, 0.1) is 17.8 Å². The van der Waals surface area contributed by atoms with Crippen molar-refractivity contribution in [3.05, 3.63) is 18.0 Å². The first-order chi connectivity index (χ1) is 10.8. The summed E-state index contributed by atoms with van der Waals surface area (Å²) in [5.41, 5.74) is 0.487. The molecule has 6 nitrogen and oxygen atoms in total. The number of aromatic nitrogens is 2. The summed E-state index contributed by atoms with van der Waals surface area (Å²) >= 11 is 0. The number of likely N-dealkylation sites (tertiary alicyclic amines) is 1. The van der Waals surface area contributed by atoms with Crippen LogP contribution in [0.1, 0.15) is 69.3 Å². The van der Waals surface area contributed by atoms with E-state index in [2.05, 4.69) is 25.9 Å². The zero-order valence-corrected chi connectivity index (χ0v) is 14.3. The number of carbonyl (C=O) groups is 2. The number of hydrogen-bond acceptors (Lipinski definition) is 3. The molecule has 0 bridgehead atoms. The van der Waals surface area contributed by atoms with E-state index in [1.807, 2.05) is 4.90 Å². The lowest BCUT2D eigenvalue weighted by Crippen LogP contribution is -2.39. The van der Waals surface area contributed by atoms with Crippen LogP contribution < -0.4 is 0 Å². The van der Waals surface area contributed by atoms with Crippen molar-refractivity contribution in [1.29, 1.82) is 0 Å². The zero-order valence-electron chi connectivity index (χ0n) is 14.3. The minimum Gasteiger partial charge on any atom is -0.478 e. The van der Waals surface area contributed by atoms with Crippen molar-refractivity contribution in [2.24, 2.45) is 5.41 Å². The molecule has 1 aromatic rings. The maximum absolute atomic E-state index is 12.2. The van der Waals surface area contributed by atoms with Gasteiger partial charge in [-0.05, 0) is 31.1 Å². The van der Waals surface area contributed by atoms with Crippen molar-refractivity contribution in [3.8, 4) is 0 Å². The highest BCUT2D eigenvalue weighted by atomic mass is 16.4. The molecule has 2 heterocycles. The molecule has 1 aromatic heterocycles. The van der Waals surface area contributed by atoms with Gasteiger partial charge in [0.25, 0.3) is 0 Å². The molecule has 0 radical (unpaired) electrons. The Bertz CT molecular complexity index is 552. The fourth-order valence-corrected chi connectivity index (χ4v) is 2.96. The van der Waals surface area contributed by atoms with Gasteiger partial charge in [-0.3, -0.25) is 9.48 Å². The molecule has 0 aliphatic carbocycles. The average molecular weight is 321 g/mol. The molecule has 0 atom stereocenters. The van der Waals surface area contributed by atoms with E-state index in [0.29, 0.717) is 6.42 Å². The number of carbonyl (C=O) groups excluding carboxylic acids is 1. The van der Waals surface area contributed by atoms with E-state index in [4.69, 9.17) is 5.11 Å². The molecular formula is C17H27N3O3. The first-order valence-corrected chi connectivity index (χ1v) is 8.31. The van der Waals surface area contributed by atoms with Crippen LogP contribution in [0.15, 0.2) is 12.4 Å². The van der Waals surface area contributed by atoms with Crippen LogP contribution in [0.2, 0.25) is 0 Å². The maximum Gasteiger partial charge on any atom is 0.338 e. The molecule has 1 saturated heterocycles. The van der Waals surface area contributed by atoms with Gasteiger partial charge < -0.3 is 10.0 Å². The molecule has 1 fully saturated rings. The summed E-state index contributed by atoms with van der Waals surface area (Å²) in [7, 11) is 0. The first-order valence-electron chi connectivity index (χ1n) is 8.31. The van der Waals surface area contributed by atoms with E-state index in [9.17, 15) is 9.59 Å². The number of carboxylic acids is 1. The molecule has 1 aliphatic heterocycles. The van der Waals surface area contributed by atoms with Crippen molar-refractivity contribution in [1.82, 2.24) is 14.7 Å². The number of piperidine rings is 1. The van der Waals surface area contributed by atoms with E-state index in [1.165, 1.54) is 6.20 Å². The molecule has 1 amide bonds. The topological polar surface area (TPSA) is 75.4 Å². The van der Waals surface area contributed by atoms with Crippen LogP contribution in [0.3, 0.4) is 0 Å². The van der Waals surface area contributed by atoms with Gasteiger partial charge in [0, 0.05) is 25.7 Å². The third-order valence-corrected chi connectivity index (χ3v) is 4.36. The molecule has 1 N–H and O–H groups in total. The number of nitrogens with zero attached hydrogens (tertiary/aromatic N) is 3. The van der Waals surface area contributed by atoms with Crippen molar-refractivity contribution in [2.75, 3.05) is 13.1 Å². The highest BCUT2D eigenvalue weighted by Gasteiger charge is 2.24. The number of amides is 1. The van der Waals surface area contributed by atoms with E-state index in [-0.39, 0.29) is 22.9 Å². The summed E-state index contributed by atoms with van der Waals surface area (Å²) < 4.78 is 1.73. The van der Waals surface area contributed by atoms with Gasteiger partial charge in [-0.15, -0.1) is 0 Å². The lowest BCUT2D eigenvalue weighted by Gasteiger charge is -2.32. The second-order valence-electron chi connectivity index (χ2n) is 7.54. The number of aromatic carboxylic acids is 1. The van der Waals surface area contributed by atoms with Crippen LogP contribution in [0.5, 0.6) is 0 Å². The predicted octanol–water partition coefficient (Wildman–Crippen LogP) is 2.96. The summed E-state index contributed by atoms with van der Waals surface area (Å²) in [6.07, 6.45) is 7.22. The normalized spacial score (nSPS) is 16.6. The number of carboxylic acid groups (broad SMARTS) is 1. The standard InChI is InChI=1S/C17H27N3O3/c1-17(2,3)8-4-5-15(21)19-9-6-14(7-10-19)20-12-13(11-18-20)16(22)23/h11-12,14H,4-10H2,1-3H3,(H,22,23). The third kappa shape index (κ3) is 5.08. The van der Waals surface area contributed by atoms with E-state index < -0.39 is 5.97 Å². The molecule has 0 spiro atoms. The van der Waals surface area contributed by atoms with Gasteiger partial charge in [0.15, 0.2) is 0 Å². The molecule has 6 heteroatoms. The van der Waals surface area contributed by atoms with Gasteiger partial charge in [0.1, 0.15) is 0 Å². The van der Waals surface area contributed by atoms with Gasteiger partial charge in [-0.25, -0.2) is 4.79 Å². The Morgan fingerprint density at radius 2 is 1.96 bits per heavy atom. The van der Waals surface area contributed by atoms with E-state index >= 15 is 0 Å². The Morgan fingerprint density at radius 3 is 2.48 bits per heavy atom. The monoisotopic (exact) mass is 321 g/mol. The van der Waals surface area contributed by atoms with Crippen LogP contribution in [0, 0.1) is 5.41 Å². The van der Waals surface area contributed by atoms with Crippen LogP contribution >= 0.6 is 0 Å². The zero-order chi connectivity index (χ0) is 17.0. The van der Waals surface area contributed by atoms with E-state index in [0.717, 1.165) is 38.8 Å². The van der Waals surface area contributed by atoms with Gasteiger partial charge in [0.2, 0.25) is 5.91 Å². The minimum atomic E-state index is -0.956. The third-order valence-electron chi connectivity index (χ3n) is 4.36. The lowest BCUT2D eigenvalue weighted by molar-refractivity contribution is -0.132. The average Bonchev–Trinajstić information content (AvgIpc) is 2.96. The smallest absolute Gasteiger partial charge is 0.338 e. The Hall–Kier alpha value is -1.85. The lowest BCUT2D eigenvalue weighted by atomic mass is 9.89. The van der Waals surface area contributed by atoms with Gasteiger partial charge in [-0.1, -0.05) is 20.8 Å². The molecular weight excluding hydrogens is 294 g/mol. The summed E-state index contributed by atoms with van der Waals surface area (Å²) in [6, 6.07) is 0.182. The highest BCUT2D eigenvalue weighted by molar-refractivity contribution is 5.86. The van der Waals surface area contributed by atoms with Crippen LogP contribution in [0.25, 0.3) is 0 Å². The predicted molar refractivity (Wildman–Crippen MR) is 87.3 cm³/mol. The Labute approximate surface area is 137 Å². The molecule has 128 valence electrons. The fraction of sp³-hybridized carbons (Fsp3) is 0.706. The molecule has 23 heavy (non-hydrogen) atoms. The summed E-state index contributed by atoms with van der Waals surface area (Å²) in [6.45, 7) is 8.03. The molecule has 0 saturated carbocycles. The second kappa shape index (κ2) is 7.15. The maximum atomic E-state index is 12.2. The summed E-state index contributed by atoms with van der Waals surface area (Å²) in [4.78, 5) is 25.1. The van der Waals surface area contributed by atoms with Crippen LogP contribution in [-0.2, 0) is 4.79 Å².